The lowest BCUT2D eigenvalue weighted by molar-refractivity contribution is -0.151. The molecule has 4 nitrogen and oxygen atoms in total. The molecule has 1 amide bonds. The summed E-state index contributed by atoms with van der Waals surface area (Å²) < 4.78 is 38.8. The lowest BCUT2D eigenvalue weighted by Gasteiger charge is -2.53. The summed E-state index contributed by atoms with van der Waals surface area (Å²) in [7, 11) is -4.20. The molecule has 1 heterocycles. The number of aryl methyl sites for hydroxylation is 1. The monoisotopic (exact) mass is 361 g/mol. The molecule has 6 heteroatoms. The number of amides is 1. The van der Waals surface area contributed by atoms with E-state index in [1.807, 2.05) is 31.2 Å². The number of hydrogen-bond donors (Lipinski definition) is 0. The highest BCUT2D eigenvalue weighted by Gasteiger charge is 2.66. The Morgan fingerprint density at radius 2 is 1.72 bits per heavy atom. The van der Waals surface area contributed by atoms with Crippen LogP contribution >= 0.6 is 0 Å². The molecule has 0 aliphatic carbocycles. The fourth-order valence-electron chi connectivity index (χ4n) is 3.48. The van der Waals surface area contributed by atoms with Gasteiger partial charge in [-0.25, -0.2) is 12.8 Å². The molecule has 0 radical (unpaired) electrons. The van der Waals surface area contributed by atoms with Gasteiger partial charge in [0, 0.05) is 6.54 Å². The van der Waals surface area contributed by atoms with E-state index in [1.54, 1.807) is 6.92 Å². The van der Waals surface area contributed by atoms with Crippen LogP contribution in [0.3, 0.4) is 0 Å². The van der Waals surface area contributed by atoms with Crippen LogP contribution in [0.4, 0.5) is 4.39 Å². The van der Waals surface area contributed by atoms with Crippen LogP contribution in [0.25, 0.3) is 0 Å². The Bertz CT molecular complexity index is 924. The highest BCUT2D eigenvalue weighted by Crippen LogP contribution is 2.50. The first kappa shape index (κ1) is 17.6. The highest BCUT2D eigenvalue weighted by molar-refractivity contribution is 7.93. The normalized spacial score (nSPS) is 23.4. The van der Waals surface area contributed by atoms with Gasteiger partial charge in [-0.3, -0.25) is 4.79 Å². The van der Waals surface area contributed by atoms with Crippen molar-refractivity contribution in [2.24, 2.45) is 0 Å². The molecule has 1 aliphatic rings. The van der Waals surface area contributed by atoms with E-state index in [0.717, 1.165) is 17.2 Å². The largest absolute Gasteiger partial charge is 0.332 e. The molecule has 0 spiro atoms. The molecule has 1 aliphatic heterocycles. The van der Waals surface area contributed by atoms with Crippen LogP contribution < -0.4 is 0 Å². The molecule has 25 heavy (non-hydrogen) atoms. The maximum absolute atomic E-state index is 14.2. The Morgan fingerprint density at radius 3 is 2.28 bits per heavy atom. The summed E-state index contributed by atoms with van der Waals surface area (Å²) in [6, 6.07) is 12.0. The number of halogens is 1. The number of sulfone groups is 1. The van der Waals surface area contributed by atoms with Crippen molar-refractivity contribution in [1.82, 2.24) is 4.90 Å². The molecular weight excluding hydrogens is 341 g/mol. The van der Waals surface area contributed by atoms with Crippen molar-refractivity contribution in [3.63, 3.8) is 0 Å². The smallest absolute Gasteiger partial charge is 0.247 e. The minimum Gasteiger partial charge on any atom is -0.332 e. The van der Waals surface area contributed by atoms with Crippen molar-refractivity contribution in [3.05, 3.63) is 65.5 Å². The van der Waals surface area contributed by atoms with Gasteiger partial charge in [-0.15, -0.1) is 0 Å². The number of carbonyl (C=O) groups excluding carboxylic acids is 1. The predicted octanol–water partition coefficient (Wildman–Crippen LogP) is 3.27. The number of nitrogens with zero attached hydrogens (tertiary/aromatic N) is 1. The third-order valence-electron chi connectivity index (χ3n) is 4.94. The van der Waals surface area contributed by atoms with Gasteiger partial charge in [0.05, 0.1) is 6.04 Å². The van der Waals surface area contributed by atoms with E-state index in [0.29, 0.717) is 6.54 Å². The summed E-state index contributed by atoms with van der Waals surface area (Å²) in [5, 5.41) is 0. The van der Waals surface area contributed by atoms with Gasteiger partial charge in [0.2, 0.25) is 5.91 Å². The number of carbonyl (C=O) groups is 1. The van der Waals surface area contributed by atoms with Gasteiger partial charge in [-0.2, -0.15) is 0 Å². The van der Waals surface area contributed by atoms with Crippen LogP contribution in [0.2, 0.25) is 0 Å². The molecule has 0 unspecified atom stereocenters. The fraction of sp³-hybridized carbons (Fsp3) is 0.316. The summed E-state index contributed by atoms with van der Waals surface area (Å²) in [5.74, 6) is -1.34. The summed E-state index contributed by atoms with van der Waals surface area (Å²) in [6.45, 7) is 5.52. The Morgan fingerprint density at radius 1 is 1.12 bits per heavy atom. The highest BCUT2D eigenvalue weighted by atomic mass is 32.2. The van der Waals surface area contributed by atoms with Crippen LogP contribution in [-0.4, -0.2) is 30.5 Å². The van der Waals surface area contributed by atoms with Crippen molar-refractivity contribution in [2.75, 3.05) is 6.54 Å². The third-order valence-corrected chi connectivity index (χ3v) is 7.36. The Hall–Kier alpha value is -2.21. The third kappa shape index (κ3) is 2.39. The van der Waals surface area contributed by atoms with E-state index in [1.165, 1.54) is 30.0 Å². The standard InChI is InChI=1S/C19H20FNO3S/c1-4-21-17(14-11-9-13(2)10-12-14)19(3,18(21)22)25(23,24)16-8-6-5-7-15(16)20/h5-12,17H,4H2,1-3H3/t17-,19+/m0/s1. The first-order valence-electron chi connectivity index (χ1n) is 8.12. The van der Waals surface area contributed by atoms with E-state index >= 15 is 0 Å². The SMILES string of the molecule is CCN1C(=O)[C@](C)(S(=O)(=O)c2ccccc2F)[C@@H]1c1ccc(C)cc1. The summed E-state index contributed by atoms with van der Waals surface area (Å²) >= 11 is 0. The predicted molar refractivity (Wildman–Crippen MR) is 93.3 cm³/mol. The molecular formula is C19H20FNO3S. The molecule has 0 saturated carbocycles. The maximum atomic E-state index is 14.2. The molecule has 1 saturated heterocycles. The quantitative estimate of drug-likeness (QED) is 0.786. The van der Waals surface area contributed by atoms with Crippen LogP contribution in [0, 0.1) is 12.7 Å². The van der Waals surface area contributed by atoms with Crippen molar-refractivity contribution < 1.29 is 17.6 Å². The van der Waals surface area contributed by atoms with Crippen LogP contribution in [0.5, 0.6) is 0 Å². The van der Waals surface area contributed by atoms with Crippen molar-refractivity contribution >= 4 is 15.7 Å². The molecule has 2 aromatic rings. The zero-order chi connectivity index (χ0) is 18.4. The Kier molecular flexibility index (Phi) is 4.19. The first-order chi connectivity index (χ1) is 11.7. The minimum atomic E-state index is -4.20. The average molecular weight is 361 g/mol. The summed E-state index contributed by atoms with van der Waals surface area (Å²) in [6.07, 6.45) is 0. The average Bonchev–Trinajstić information content (AvgIpc) is 2.59. The zero-order valence-corrected chi connectivity index (χ0v) is 15.2. The second-order valence-corrected chi connectivity index (χ2v) is 8.74. The summed E-state index contributed by atoms with van der Waals surface area (Å²) in [4.78, 5) is 13.8. The summed E-state index contributed by atoms with van der Waals surface area (Å²) in [5.41, 5.74) is 1.77. The molecule has 2 atom stereocenters. The lowest BCUT2D eigenvalue weighted by atomic mass is 9.82. The molecule has 0 N–H and O–H groups in total. The second kappa shape index (κ2) is 5.95. The van der Waals surface area contributed by atoms with Gasteiger partial charge in [0.1, 0.15) is 10.7 Å². The van der Waals surface area contributed by atoms with E-state index in [9.17, 15) is 17.6 Å². The van der Waals surface area contributed by atoms with E-state index < -0.39 is 37.2 Å². The number of β-lactam (4-membered cyclic amide) rings is 1. The zero-order valence-electron chi connectivity index (χ0n) is 14.4. The molecule has 0 aromatic heterocycles. The number of rotatable bonds is 4. The van der Waals surface area contributed by atoms with Crippen LogP contribution in [0.1, 0.15) is 31.0 Å². The minimum absolute atomic E-state index is 0.389. The van der Waals surface area contributed by atoms with E-state index in [4.69, 9.17) is 0 Å². The van der Waals surface area contributed by atoms with Gasteiger partial charge in [-0.05, 0) is 38.5 Å². The topological polar surface area (TPSA) is 54.5 Å². The van der Waals surface area contributed by atoms with Crippen LogP contribution in [-0.2, 0) is 14.6 Å². The lowest BCUT2D eigenvalue weighted by Crippen LogP contribution is -2.70. The molecule has 0 bridgehead atoms. The number of benzene rings is 2. The van der Waals surface area contributed by atoms with Crippen molar-refractivity contribution in [1.29, 1.82) is 0 Å². The maximum Gasteiger partial charge on any atom is 0.247 e. The Balaban J connectivity index is 2.16. The van der Waals surface area contributed by atoms with Crippen LogP contribution in [0.15, 0.2) is 53.4 Å². The molecule has 2 aromatic carbocycles. The first-order valence-corrected chi connectivity index (χ1v) is 9.60. The van der Waals surface area contributed by atoms with E-state index in [-0.39, 0.29) is 0 Å². The molecule has 1 fully saturated rings. The van der Waals surface area contributed by atoms with Crippen molar-refractivity contribution in [2.45, 2.75) is 36.5 Å². The molecule has 3 rings (SSSR count). The fourth-order valence-corrected chi connectivity index (χ4v) is 5.42. The molecule has 132 valence electrons. The number of likely N-dealkylation sites (tertiary alicyclic amines) is 1. The van der Waals surface area contributed by atoms with Gasteiger partial charge < -0.3 is 4.90 Å². The number of hydrogen-bond acceptors (Lipinski definition) is 3. The van der Waals surface area contributed by atoms with E-state index in [2.05, 4.69) is 0 Å². The van der Waals surface area contributed by atoms with Gasteiger partial charge in [-0.1, -0.05) is 42.0 Å². The van der Waals surface area contributed by atoms with Crippen molar-refractivity contribution in [3.8, 4) is 0 Å². The Labute approximate surface area is 147 Å². The van der Waals surface area contributed by atoms with Gasteiger partial charge in [0.15, 0.2) is 14.6 Å². The van der Waals surface area contributed by atoms with Gasteiger partial charge in [0.25, 0.3) is 0 Å². The second-order valence-electron chi connectivity index (χ2n) is 6.45. The van der Waals surface area contributed by atoms with Gasteiger partial charge >= 0.3 is 0 Å².